The van der Waals surface area contributed by atoms with Crippen LogP contribution in [0.3, 0.4) is 0 Å². The maximum absolute atomic E-state index is 14.0. The van der Waals surface area contributed by atoms with E-state index in [0.29, 0.717) is 33.7 Å². The van der Waals surface area contributed by atoms with Gasteiger partial charge < -0.3 is 10.2 Å². The van der Waals surface area contributed by atoms with Crippen LogP contribution in [-0.2, 0) is 22.3 Å². The Bertz CT molecular complexity index is 1650. The number of amides is 3. The number of thiophene rings is 1. The summed E-state index contributed by atoms with van der Waals surface area (Å²) < 4.78 is 42.4. The van der Waals surface area contributed by atoms with Gasteiger partial charge in [-0.2, -0.15) is 13.2 Å². The zero-order valence-electron chi connectivity index (χ0n) is 23.5. The number of carbonyl (C=O) groups excluding carboxylic acids is 3. The number of alkyl halides is 3. The molecule has 4 fully saturated rings. The first kappa shape index (κ1) is 27.5. The largest absolute Gasteiger partial charge is 0.433 e. The van der Waals surface area contributed by atoms with Crippen LogP contribution < -0.4 is 5.32 Å². The van der Waals surface area contributed by atoms with Crippen molar-refractivity contribution < 1.29 is 27.6 Å². The lowest BCUT2D eigenvalue weighted by Crippen LogP contribution is -2.43. The number of pyridine rings is 2. The molecular weight excluding hydrogens is 567 g/mol. The molecule has 3 saturated heterocycles. The van der Waals surface area contributed by atoms with Crippen molar-refractivity contribution in [2.24, 2.45) is 17.3 Å². The van der Waals surface area contributed by atoms with Crippen LogP contribution >= 0.6 is 11.3 Å². The van der Waals surface area contributed by atoms with Crippen molar-refractivity contribution in [1.82, 2.24) is 25.1 Å². The number of likely N-dealkylation sites (tertiary alicyclic amines) is 2. The van der Waals surface area contributed by atoms with Crippen molar-refractivity contribution in [2.75, 3.05) is 19.6 Å². The van der Waals surface area contributed by atoms with E-state index in [1.54, 1.807) is 17.0 Å². The molecule has 0 aromatic carbocycles. The molecule has 42 heavy (non-hydrogen) atoms. The Balaban J connectivity index is 1.28. The van der Waals surface area contributed by atoms with Gasteiger partial charge in [0.15, 0.2) is 0 Å². The van der Waals surface area contributed by atoms with Crippen molar-refractivity contribution in [3.05, 3.63) is 46.1 Å². The molecule has 8 nitrogen and oxygen atoms in total. The van der Waals surface area contributed by atoms with Crippen LogP contribution in [0.4, 0.5) is 13.2 Å². The van der Waals surface area contributed by atoms with Crippen molar-refractivity contribution in [2.45, 2.75) is 58.3 Å². The lowest BCUT2D eigenvalue weighted by molar-refractivity contribution is -0.144. The molecule has 1 saturated carbocycles. The predicted molar refractivity (Wildman–Crippen MR) is 149 cm³/mol. The minimum Gasteiger partial charge on any atom is -0.337 e. The molecule has 3 aromatic rings. The number of halogens is 3. The van der Waals surface area contributed by atoms with Crippen molar-refractivity contribution in [3.63, 3.8) is 0 Å². The molecule has 4 aliphatic rings. The van der Waals surface area contributed by atoms with Gasteiger partial charge in [-0.1, -0.05) is 13.8 Å². The summed E-state index contributed by atoms with van der Waals surface area (Å²) in [5.74, 6) is -1.33. The van der Waals surface area contributed by atoms with E-state index in [1.165, 1.54) is 29.4 Å². The van der Waals surface area contributed by atoms with Crippen LogP contribution in [0.5, 0.6) is 0 Å². The highest BCUT2D eigenvalue weighted by atomic mass is 32.1. The van der Waals surface area contributed by atoms with Gasteiger partial charge in [-0.15, -0.1) is 11.3 Å². The van der Waals surface area contributed by atoms with E-state index in [2.05, 4.69) is 15.3 Å². The molecule has 0 bridgehead atoms. The monoisotopic (exact) mass is 597 g/mol. The van der Waals surface area contributed by atoms with E-state index in [-0.39, 0.29) is 63.9 Å². The molecule has 1 N–H and O–H groups in total. The average molecular weight is 598 g/mol. The van der Waals surface area contributed by atoms with Crippen molar-refractivity contribution in [3.8, 4) is 11.3 Å². The molecule has 7 rings (SSSR count). The molecule has 3 atom stereocenters. The molecule has 3 aromatic heterocycles. The third-order valence-electron chi connectivity index (χ3n) is 9.62. The first-order valence-electron chi connectivity index (χ1n) is 14.2. The van der Waals surface area contributed by atoms with Crippen LogP contribution in [0.2, 0.25) is 0 Å². The van der Waals surface area contributed by atoms with Crippen molar-refractivity contribution in [1.29, 1.82) is 0 Å². The molecule has 0 radical (unpaired) electrons. The maximum atomic E-state index is 14.0. The molecule has 3 aliphatic heterocycles. The second-order valence-corrected chi connectivity index (χ2v) is 13.8. The second-order valence-electron chi connectivity index (χ2n) is 12.7. The lowest BCUT2D eigenvalue weighted by Gasteiger charge is -2.25. The summed E-state index contributed by atoms with van der Waals surface area (Å²) in [5, 5.41) is 3.51. The highest BCUT2D eigenvalue weighted by Crippen LogP contribution is 2.63. The number of nitrogens with one attached hydrogen (secondary N) is 1. The first-order chi connectivity index (χ1) is 19.8. The van der Waals surface area contributed by atoms with E-state index in [9.17, 15) is 27.6 Å². The zero-order valence-corrected chi connectivity index (χ0v) is 24.3. The smallest absolute Gasteiger partial charge is 0.337 e. The average Bonchev–Trinajstić information content (AvgIpc) is 3.50. The van der Waals surface area contributed by atoms with Gasteiger partial charge in [0.05, 0.1) is 39.9 Å². The van der Waals surface area contributed by atoms with Crippen LogP contribution in [-0.4, -0.2) is 62.7 Å². The molecule has 3 unspecified atom stereocenters. The number of hydrogen-bond acceptors (Lipinski definition) is 7. The SMILES string of the molecule is Cc1cc(C(F)(F)F)nc(-c2ccnc3cc(CN4C(=O)C5C(C4=O)C5(C)C)sc23)c1C(=O)N1CCC2(CCCN2)C1. The van der Waals surface area contributed by atoms with Gasteiger partial charge in [0.25, 0.3) is 5.91 Å². The van der Waals surface area contributed by atoms with Gasteiger partial charge in [-0.25, -0.2) is 4.98 Å². The third kappa shape index (κ3) is 4.09. The summed E-state index contributed by atoms with van der Waals surface area (Å²) in [5.41, 5.74) is -0.355. The molecule has 220 valence electrons. The normalized spacial score (nSPS) is 26.6. The van der Waals surface area contributed by atoms with Crippen LogP contribution in [0.25, 0.3) is 21.5 Å². The van der Waals surface area contributed by atoms with Crippen LogP contribution in [0.15, 0.2) is 24.4 Å². The highest BCUT2D eigenvalue weighted by Gasteiger charge is 2.72. The lowest BCUT2D eigenvalue weighted by atomic mass is 9.97. The zero-order chi connectivity index (χ0) is 29.8. The fraction of sp³-hybridized carbons (Fsp3) is 0.500. The van der Waals surface area contributed by atoms with Gasteiger partial charge in [0, 0.05) is 35.3 Å². The fourth-order valence-electron chi connectivity index (χ4n) is 7.27. The van der Waals surface area contributed by atoms with Gasteiger partial charge in [0.2, 0.25) is 11.8 Å². The quantitative estimate of drug-likeness (QED) is 0.435. The summed E-state index contributed by atoms with van der Waals surface area (Å²) in [4.78, 5) is 51.9. The maximum Gasteiger partial charge on any atom is 0.433 e. The van der Waals surface area contributed by atoms with Gasteiger partial charge in [-0.3, -0.25) is 24.3 Å². The van der Waals surface area contributed by atoms with Gasteiger partial charge in [0.1, 0.15) is 5.69 Å². The number of rotatable bonds is 4. The number of aromatic nitrogens is 2. The number of hydrogen-bond donors (Lipinski definition) is 1. The minimum atomic E-state index is -4.70. The summed E-state index contributed by atoms with van der Waals surface area (Å²) >= 11 is 1.25. The van der Waals surface area contributed by atoms with E-state index >= 15 is 0 Å². The third-order valence-corrected chi connectivity index (χ3v) is 10.8. The van der Waals surface area contributed by atoms with E-state index in [0.717, 1.165) is 31.9 Å². The summed E-state index contributed by atoms with van der Waals surface area (Å²) in [6.07, 6.45) is -0.446. The minimum absolute atomic E-state index is 0.0372. The fourth-order valence-corrected chi connectivity index (χ4v) is 8.39. The Labute approximate surface area is 244 Å². The Kier molecular flexibility index (Phi) is 5.92. The Morgan fingerprint density at radius 3 is 2.57 bits per heavy atom. The van der Waals surface area contributed by atoms with Crippen LogP contribution in [0, 0.1) is 24.2 Å². The molecule has 12 heteroatoms. The number of piperidine rings is 1. The first-order valence-corrected chi connectivity index (χ1v) is 15.0. The molecular formula is C30H30F3N5O3S. The Hall–Kier alpha value is -3.38. The van der Waals surface area contributed by atoms with E-state index in [1.807, 2.05) is 13.8 Å². The summed E-state index contributed by atoms with van der Waals surface area (Å²) in [7, 11) is 0. The second kappa shape index (κ2) is 9.06. The van der Waals surface area contributed by atoms with Crippen LogP contribution in [0.1, 0.15) is 59.6 Å². The molecule has 1 aliphatic carbocycles. The highest BCUT2D eigenvalue weighted by molar-refractivity contribution is 7.19. The van der Waals surface area contributed by atoms with Crippen molar-refractivity contribution >= 4 is 39.3 Å². The van der Waals surface area contributed by atoms with E-state index in [4.69, 9.17) is 0 Å². The Morgan fingerprint density at radius 1 is 1.17 bits per heavy atom. The number of carbonyl (C=O) groups is 3. The molecule has 3 amide bonds. The standard InChI is InChI=1S/C30H30F3N5O3S/c1-15-11-19(30(31,32)33)36-23(20(15)25(39)37-10-7-29(14-37)6-4-8-35-29)17-5-9-34-18-12-16(42-24(17)18)13-38-26(40)21-22(27(38)41)28(21,2)3/h5,9,11-12,21-22,35H,4,6-8,10,13-14H2,1-3H3. The molecule has 1 spiro atoms. The topological polar surface area (TPSA) is 95.5 Å². The Morgan fingerprint density at radius 2 is 1.90 bits per heavy atom. The predicted octanol–water partition coefficient (Wildman–Crippen LogP) is 4.79. The number of imide groups is 1. The summed E-state index contributed by atoms with van der Waals surface area (Å²) in [6.45, 7) is 7.32. The number of aryl methyl sites for hydroxylation is 1. The summed E-state index contributed by atoms with van der Waals surface area (Å²) in [6, 6.07) is 4.26. The van der Waals surface area contributed by atoms with Gasteiger partial charge in [-0.05, 0) is 61.9 Å². The van der Waals surface area contributed by atoms with Gasteiger partial charge >= 0.3 is 6.18 Å². The number of nitrogens with zero attached hydrogens (tertiary/aromatic N) is 4. The number of fused-ring (bicyclic) bond motifs is 2. The van der Waals surface area contributed by atoms with E-state index < -0.39 is 11.9 Å². The molecule has 6 heterocycles.